The molecule has 0 aliphatic rings. The molecule has 1 aromatic carbocycles. The Kier molecular flexibility index (Phi) is 4.03. The number of nitrogens with one attached hydrogen (secondary N) is 2. The number of para-hydroxylation sites is 1. The zero-order valence-corrected chi connectivity index (χ0v) is 11.9. The van der Waals surface area contributed by atoms with Crippen molar-refractivity contribution in [2.24, 2.45) is 0 Å². The molecule has 2 rings (SSSR count). The van der Waals surface area contributed by atoms with Gasteiger partial charge in [-0.3, -0.25) is 14.9 Å². The van der Waals surface area contributed by atoms with Gasteiger partial charge in [-0.15, -0.1) is 0 Å². The Bertz CT molecular complexity index is 740. The quantitative estimate of drug-likeness (QED) is 0.575. The standard InChI is InChI=1S/C12H8BrN3O5/c13-8-3-1-2-7(12(18)19)10(8)15-11(17)9-4-6(5-14-9)16(20)21/h1-5,14H,(H,15,17)(H,18,19). The summed E-state index contributed by atoms with van der Waals surface area (Å²) in [6, 6.07) is 5.48. The van der Waals surface area contributed by atoms with Crippen LogP contribution in [0, 0.1) is 10.1 Å². The number of nitrogens with zero attached hydrogens (tertiary/aromatic N) is 1. The highest BCUT2D eigenvalue weighted by atomic mass is 79.9. The number of H-pyrrole nitrogens is 1. The Morgan fingerprint density at radius 3 is 2.67 bits per heavy atom. The van der Waals surface area contributed by atoms with Crippen molar-refractivity contribution < 1.29 is 19.6 Å². The number of amides is 1. The van der Waals surface area contributed by atoms with Gasteiger partial charge in [-0.05, 0) is 28.1 Å². The van der Waals surface area contributed by atoms with Crippen molar-refractivity contribution in [2.75, 3.05) is 5.32 Å². The maximum absolute atomic E-state index is 12.0. The topological polar surface area (TPSA) is 125 Å². The SMILES string of the molecule is O=C(Nc1c(Br)cccc1C(=O)O)c1cc([N+](=O)[O-])c[nH]1. The minimum absolute atomic E-state index is 0.0474. The Morgan fingerprint density at radius 1 is 1.38 bits per heavy atom. The average Bonchev–Trinajstić information content (AvgIpc) is 2.90. The molecule has 3 N–H and O–H groups in total. The van der Waals surface area contributed by atoms with Gasteiger partial charge in [0, 0.05) is 10.5 Å². The number of anilines is 1. The Hall–Kier alpha value is -2.68. The Balaban J connectivity index is 2.31. The molecule has 2 aromatic rings. The van der Waals surface area contributed by atoms with Crippen LogP contribution in [0.15, 0.2) is 34.9 Å². The van der Waals surface area contributed by atoms with Crippen LogP contribution in [0.3, 0.4) is 0 Å². The van der Waals surface area contributed by atoms with Crippen molar-refractivity contribution in [3.63, 3.8) is 0 Å². The molecule has 0 saturated carbocycles. The summed E-state index contributed by atoms with van der Waals surface area (Å²) in [5.41, 5.74) is -0.328. The number of aromatic carboxylic acids is 1. The molecule has 0 aliphatic heterocycles. The van der Waals surface area contributed by atoms with E-state index in [0.29, 0.717) is 4.47 Å². The van der Waals surface area contributed by atoms with Gasteiger partial charge in [-0.1, -0.05) is 6.07 Å². The summed E-state index contributed by atoms with van der Waals surface area (Å²) in [4.78, 5) is 35.5. The minimum atomic E-state index is -1.20. The van der Waals surface area contributed by atoms with Gasteiger partial charge in [0.25, 0.3) is 11.6 Å². The molecular weight excluding hydrogens is 346 g/mol. The molecule has 0 radical (unpaired) electrons. The number of hydrogen-bond donors (Lipinski definition) is 3. The molecule has 0 unspecified atom stereocenters. The summed E-state index contributed by atoms with van der Waals surface area (Å²) in [5.74, 6) is -1.89. The second kappa shape index (κ2) is 5.75. The third kappa shape index (κ3) is 3.08. The number of halogens is 1. The van der Waals surface area contributed by atoms with E-state index < -0.39 is 16.8 Å². The second-order valence-electron chi connectivity index (χ2n) is 3.95. The molecule has 1 amide bonds. The molecule has 0 bridgehead atoms. The fraction of sp³-hybridized carbons (Fsp3) is 0. The van der Waals surface area contributed by atoms with E-state index in [1.807, 2.05) is 0 Å². The summed E-state index contributed by atoms with van der Waals surface area (Å²) in [6.45, 7) is 0. The Morgan fingerprint density at radius 2 is 2.10 bits per heavy atom. The maximum Gasteiger partial charge on any atom is 0.337 e. The van der Waals surface area contributed by atoms with Crippen molar-refractivity contribution in [3.8, 4) is 0 Å². The number of rotatable bonds is 4. The highest BCUT2D eigenvalue weighted by Gasteiger charge is 2.19. The lowest BCUT2D eigenvalue weighted by atomic mass is 10.1. The summed E-state index contributed by atoms with van der Waals surface area (Å²) < 4.78 is 0.386. The van der Waals surface area contributed by atoms with Crippen molar-refractivity contribution in [2.45, 2.75) is 0 Å². The number of benzene rings is 1. The van der Waals surface area contributed by atoms with Crippen molar-refractivity contribution in [1.82, 2.24) is 4.98 Å². The zero-order chi connectivity index (χ0) is 15.6. The van der Waals surface area contributed by atoms with E-state index in [1.54, 1.807) is 6.07 Å². The van der Waals surface area contributed by atoms with E-state index in [0.717, 1.165) is 12.3 Å². The van der Waals surface area contributed by atoms with Gasteiger partial charge >= 0.3 is 5.97 Å². The molecule has 1 heterocycles. The van der Waals surface area contributed by atoms with Crippen LogP contribution < -0.4 is 5.32 Å². The first-order valence-corrected chi connectivity index (χ1v) is 6.35. The van der Waals surface area contributed by atoms with Crippen LogP contribution in [0.4, 0.5) is 11.4 Å². The van der Waals surface area contributed by atoms with Crippen LogP contribution in [0.5, 0.6) is 0 Å². The minimum Gasteiger partial charge on any atom is -0.478 e. The van der Waals surface area contributed by atoms with Crippen LogP contribution in [0.1, 0.15) is 20.8 Å². The van der Waals surface area contributed by atoms with E-state index in [-0.39, 0.29) is 22.6 Å². The zero-order valence-electron chi connectivity index (χ0n) is 10.3. The number of aromatic amines is 1. The molecule has 1 aromatic heterocycles. The first kappa shape index (κ1) is 14.7. The lowest BCUT2D eigenvalue weighted by molar-refractivity contribution is -0.384. The van der Waals surface area contributed by atoms with Gasteiger partial charge < -0.3 is 15.4 Å². The number of carboxylic acid groups (broad SMARTS) is 1. The van der Waals surface area contributed by atoms with Crippen molar-refractivity contribution in [1.29, 1.82) is 0 Å². The van der Waals surface area contributed by atoms with E-state index >= 15 is 0 Å². The number of carboxylic acids is 1. The smallest absolute Gasteiger partial charge is 0.337 e. The maximum atomic E-state index is 12.0. The number of carbonyl (C=O) groups is 2. The monoisotopic (exact) mass is 353 g/mol. The number of nitro groups is 1. The molecule has 108 valence electrons. The third-order valence-electron chi connectivity index (χ3n) is 2.61. The van der Waals surface area contributed by atoms with Gasteiger partial charge in [0.1, 0.15) is 5.69 Å². The molecule has 21 heavy (non-hydrogen) atoms. The van der Waals surface area contributed by atoms with Crippen molar-refractivity contribution in [3.05, 3.63) is 56.3 Å². The van der Waals surface area contributed by atoms with Crippen molar-refractivity contribution >= 4 is 39.2 Å². The van der Waals surface area contributed by atoms with Gasteiger partial charge in [-0.2, -0.15) is 0 Å². The molecule has 0 atom stereocenters. The number of carbonyl (C=O) groups excluding carboxylic acids is 1. The van der Waals surface area contributed by atoms with E-state index in [2.05, 4.69) is 26.2 Å². The molecule has 0 aliphatic carbocycles. The van der Waals surface area contributed by atoms with E-state index in [4.69, 9.17) is 5.11 Å². The molecule has 8 nitrogen and oxygen atoms in total. The molecule has 0 saturated heterocycles. The average molecular weight is 354 g/mol. The normalized spacial score (nSPS) is 10.1. The number of aromatic nitrogens is 1. The predicted octanol–water partition coefficient (Wildman–Crippen LogP) is 2.64. The fourth-order valence-corrected chi connectivity index (χ4v) is 2.09. The highest BCUT2D eigenvalue weighted by molar-refractivity contribution is 9.10. The van der Waals surface area contributed by atoms with Gasteiger partial charge in [0.15, 0.2) is 0 Å². The largest absolute Gasteiger partial charge is 0.478 e. The van der Waals surface area contributed by atoms with Crippen LogP contribution in [-0.2, 0) is 0 Å². The summed E-state index contributed by atoms with van der Waals surface area (Å²) >= 11 is 3.15. The van der Waals surface area contributed by atoms with Crippen LogP contribution in [0.25, 0.3) is 0 Å². The first-order chi connectivity index (χ1) is 9.90. The van der Waals surface area contributed by atoms with Crippen LogP contribution in [-0.4, -0.2) is 26.9 Å². The summed E-state index contributed by atoms with van der Waals surface area (Å²) in [5, 5.41) is 22.1. The van der Waals surface area contributed by atoms with Gasteiger partial charge in [0.2, 0.25) is 0 Å². The molecule has 0 spiro atoms. The highest BCUT2D eigenvalue weighted by Crippen LogP contribution is 2.27. The summed E-state index contributed by atoms with van der Waals surface area (Å²) in [7, 11) is 0. The van der Waals surface area contributed by atoms with E-state index in [9.17, 15) is 19.7 Å². The van der Waals surface area contributed by atoms with Crippen LogP contribution >= 0.6 is 15.9 Å². The first-order valence-electron chi connectivity index (χ1n) is 5.56. The third-order valence-corrected chi connectivity index (χ3v) is 3.27. The van der Waals surface area contributed by atoms with Gasteiger partial charge in [-0.25, -0.2) is 4.79 Å². The summed E-state index contributed by atoms with van der Waals surface area (Å²) in [6.07, 6.45) is 1.08. The lowest BCUT2D eigenvalue weighted by Crippen LogP contribution is -2.15. The predicted molar refractivity (Wildman–Crippen MR) is 76.5 cm³/mol. The van der Waals surface area contributed by atoms with E-state index in [1.165, 1.54) is 12.1 Å². The van der Waals surface area contributed by atoms with Gasteiger partial charge in [0.05, 0.1) is 22.4 Å². The lowest BCUT2D eigenvalue weighted by Gasteiger charge is -2.09. The Labute approximate surface area is 126 Å². The number of hydrogen-bond acceptors (Lipinski definition) is 4. The molecule has 9 heteroatoms. The fourth-order valence-electron chi connectivity index (χ4n) is 1.63. The second-order valence-corrected chi connectivity index (χ2v) is 4.80. The van der Waals surface area contributed by atoms with Crippen LogP contribution in [0.2, 0.25) is 0 Å². The molecular formula is C12H8BrN3O5. The molecule has 0 fully saturated rings.